The summed E-state index contributed by atoms with van der Waals surface area (Å²) in [5.41, 5.74) is 4.95. The van der Waals surface area contributed by atoms with Crippen LogP contribution >= 0.6 is 0 Å². The van der Waals surface area contributed by atoms with Crippen LogP contribution in [0.4, 0.5) is 11.4 Å². The molecule has 78 valence electrons. The molecule has 0 saturated carbocycles. The van der Waals surface area contributed by atoms with Gasteiger partial charge in [0.05, 0.1) is 5.69 Å². The number of anilines is 1. The predicted molar refractivity (Wildman–Crippen MR) is 49.7 cm³/mol. The van der Waals surface area contributed by atoms with Crippen molar-refractivity contribution in [2.75, 3.05) is 12.0 Å². The fourth-order valence-electron chi connectivity index (χ4n) is 1.09. The van der Waals surface area contributed by atoms with Crippen LogP contribution in [0.3, 0.4) is 0 Å². The fraction of sp³-hybridized carbons (Fsp3) is 0.143. The lowest BCUT2D eigenvalue weighted by molar-refractivity contribution is -0.992. The highest BCUT2D eigenvalue weighted by Crippen LogP contribution is 2.23. The number of hydrogen-bond acceptors (Lipinski definition) is 5. The molecule has 1 unspecified atom stereocenters. The minimum Gasteiger partial charge on any atom is -0.595 e. The van der Waals surface area contributed by atoms with Crippen molar-refractivity contribution in [3.63, 3.8) is 0 Å². The van der Waals surface area contributed by atoms with Crippen molar-refractivity contribution in [2.24, 2.45) is 0 Å². The van der Waals surface area contributed by atoms with Crippen LogP contribution in [-0.4, -0.2) is 19.9 Å². The second kappa shape index (κ2) is 3.54. The van der Waals surface area contributed by atoms with Gasteiger partial charge in [-0.3, -0.25) is 0 Å². The third-order valence-corrected chi connectivity index (χ3v) is 2.81. The maximum absolute atomic E-state index is 11.2. The van der Waals surface area contributed by atoms with Crippen LogP contribution in [-0.2, 0) is 9.84 Å². The van der Waals surface area contributed by atoms with Gasteiger partial charge in [-0.05, 0) is 12.1 Å². The van der Waals surface area contributed by atoms with Crippen molar-refractivity contribution in [3.05, 3.63) is 23.4 Å². The van der Waals surface area contributed by atoms with E-state index < -0.39 is 15.1 Å². The number of quaternary nitrogens is 1. The molecule has 0 bridgehead atoms. The van der Waals surface area contributed by atoms with Crippen LogP contribution in [0.1, 0.15) is 0 Å². The predicted octanol–water partition coefficient (Wildman–Crippen LogP) is -0.924. The Morgan fingerprint density at radius 1 is 1.50 bits per heavy atom. The number of rotatable bonds is 2. The normalized spacial score (nSPS) is 13.9. The SMILES string of the molecule is CS(=O)(=O)c1cccc(N)c1[NH+]([O-])O. The molecule has 7 heteroatoms. The molecule has 0 heterocycles. The van der Waals surface area contributed by atoms with Crippen molar-refractivity contribution in [1.29, 1.82) is 0 Å². The molecule has 1 atom stereocenters. The molecule has 1 aromatic carbocycles. The van der Waals surface area contributed by atoms with E-state index in [2.05, 4.69) is 0 Å². The topological polar surface area (TPSA) is 108 Å². The van der Waals surface area contributed by atoms with E-state index in [1.165, 1.54) is 18.2 Å². The van der Waals surface area contributed by atoms with Gasteiger partial charge in [-0.25, -0.2) is 13.6 Å². The Morgan fingerprint density at radius 2 is 2.07 bits per heavy atom. The molecule has 1 rings (SSSR count). The van der Waals surface area contributed by atoms with Crippen molar-refractivity contribution < 1.29 is 18.9 Å². The van der Waals surface area contributed by atoms with Gasteiger partial charge in [-0.15, -0.1) is 0 Å². The van der Waals surface area contributed by atoms with Crippen LogP contribution < -0.4 is 11.0 Å². The van der Waals surface area contributed by atoms with Crippen molar-refractivity contribution in [1.82, 2.24) is 0 Å². The van der Waals surface area contributed by atoms with E-state index in [1.54, 1.807) is 0 Å². The molecule has 0 fully saturated rings. The van der Waals surface area contributed by atoms with Gasteiger partial charge in [0.15, 0.2) is 9.84 Å². The van der Waals surface area contributed by atoms with Crippen LogP contribution in [0.15, 0.2) is 23.1 Å². The molecule has 0 spiro atoms. The average Bonchev–Trinajstić information content (AvgIpc) is 2.01. The first kappa shape index (κ1) is 10.9. The van der Waals surface area contributed by atoms with Gasteiger partial charge in [-0.1, -0.05) is 6.07 Å². The number of para-hydroxylation sites is 1. The Balaban J connectivity index is 3.52. The first-order valence-electron chi connectivity index (χ1n) is 3.66. The van der Waals surface area contributed by atoms with Crippen LogP contribution in [0.5, 0.6) is 0 Å². The van der Waals surface area contributed by atoms with Gasteiger partial charge in [-0.2, -0.15) is 5.23 Å². The van der Waals surface area contributed by atoms with E-state index in [0.29, 0.717) is 0 Å². The van der Waals surface area contributed by atoms with Crippen LogP contribution in [0.25, 0.3) is 0 Å². The van der Waals surface area contributed by atoms with E-state index in [-0.39, 0.29) is 16.3 Å². The molecule has 0 radical (unpaired) electrons. The number of benzene rings is 1. The Labute approximate surface area is 81.0 Å². The number of sulfone groups is 1. The number of nitrogens with one attached hydrogen (secondary N) is 1. The minimum absolute atomic E-state index is 0.0552. The molecule has 6 nitrogen and oxygen atoms in total. The zero-order valence-electron chi connectivity index (χ0n) is 7.39. The average molecular weight is 218 g/mol. The van der Waals surface area contributed by atoms with Crippen molar-refractivity contribution >= 4 is 21.2 Å². The molecule has 0 amide bonds. The summed E-state index contributed by atoms with van der Waals surface area (Å²) in [4.78, 5) is -0.259. The fourth-order valence-corrected chi connectivity index (χ4v) is 1.99. The lowest BCUT2D eigenvalue weighted by atomic mass is 10.3. The molecular formula is C7H10N2O4S. The van der Waals surface area contributed by atoms with Gasteiger partial charge < -0.3 is 10.9 Å². The smallest absolute Gasteiger partial charge is 0.205 e. The second-order valence-electron chi connectivity index (χ2n) is 2.80. The summed E-state index contributed by atoms with van der Waals surface area (Å²) in [5, 5.41) is 18.2. The Kier molecular flexibility index (Phi) is 2.76. The van der Waals surface area contributed by atoms with Crippen LogP contribution in [0, 0.1) is 5.21 Å². The summed E-state index contributed by atoms with van der Waals surface area (Å²) < 4.78 is 22.4. The molecule has 0 saturated heterocycles. The molecule has 14 heavy (non-hydrogen) atoms. The minimum atomic E-state index is -3.56. The number of hydrogen-bond donors (Lipinski definition) is 3. The first-order chi connectivity index (χ1) is 6.34. The third-order valence-electron chi connectivity index (χ3n) is 1.67. The molecular weight excluding hydrogens is 208 g/mol. The molecule has 0 aliphatic carbocycles. The van der Waals surface area contributed by atoms with Gasteiger partial charge >= 0.3 is 0 Å². The van der Waals surface area contributed by atoms with Crippen molar-refractivity contribution in [3.8, 4) is 0 Å². The van der Waals surface area contributed by atoms with Gasteiger partial charge in [0.1, 0.15) is 4.90 Å². The van der Waals surface area contributed by atoms with Crippen LogP contribution in [0.2, 0.25) is 0 Å². The maximum atomic E-state index is 11.2. The van der Waals surface area contributed by atoms with E-state index in [1.807, 2.05) is 0 Å². The number of nitrogen functional groups attached to an aromatic ring is 1. The van der Waals surface area contributed by atoms with Gasteiger partial charge in [0.2, 0.25) is 5.69 Å². The summed E-state index contributed by atoms with van der Waals surface area (Å²) >= 11 is 0. The standard InChI is InChI=1S/C7H10N2O4S/c1-14(12,13)6-4-2-3-5(8)7(6)9(10)11/h2-4,9-10H,8H2,1H3. The highest BCUT2D eigenvalue weighted by Gasteiger charge is 2.20. The highest BCUT2D eigenvalue weighted by atomic mass is 32.2. The maximum Gasteiger partial charge on any atom is 0.205 e. The summed E-state index contributed by atoms with van der Waals surface area (Å²) in [5.74, 6) is 0. The van der Waals surface area contributed by atoms with Crippen molar-refractivity contribution in [2.45, 2.75) is 4.90 Å². The van der Waals surface area contributed by atoms with Gasteiger partial charge in [0, 0.05) is 6.26 Å². The zero-order chi connectivity index (χ0) is 10.9. The summed E-state index contributed by atoms with van der Waals surface area (Å²) in [7, 11) is -3.56. The largest absolute Gasteiger partial charge is 0.595 e. The summed E-state index contributed by atoms with van der Waals surface area (Å²) in [6, 6.07) is 3.96. The number of nitrogens with two attached hydrogens (primary N) is 1. The van der Waals surface area contributed by atoms with E-state index in [4.69, 9.17) is 10.9 Å². The molecule has 0 aromatic heterocycles. The van der Waals surface area contributed by atoms with E-state index >= 15 is 0 Å². The summed E-state index contributed by atoms with van der Waals surface area (Å²) in [6.07, 6.45) is 0.939. The quantitative estimate of drug-likeness (QED) is 0.439. The highest BCUT2D eigenvalue weighted by molar-refractivity contribution is 7.90. The Bertz CT molecular complexity index is 441. The lowest BCUT2D eigenvalue weighted by Gasteiger charge is -2.16. The monoisotopic (exact) mass is 218 g/mol. The van der Waals surface area contributed by atoms with Gasteiger partial charge in [0.25, 0.3) is 0 Å². The molecule has 0 aliphatic rings. The Hall–Kier alpha value is -1.15. The Morgan fingerprint density at radius 3 is 2.43 bits per heavy atom. The van der Waals surface area contributed by atoms with E-state index in [9.17, 15) is 13.6 Å². The summed E-state index contributed by atoms with van der Waals surface area (Å²) in [6.45, 7) is 0. The molecule has 4 N–H and O–H groups in total. The first-order valence-corrected chi connectivity index (χ1v) is 5.55. The lowest BCUT2D eigenvalue weighted by Crippen LogP contribution is -2.99. The third kappa shape index (κ3) is 2.02. The molecule has 1 aromatic rings. The second-order valence-corrected chi connectivity index (χ2v) is 4.78. The molecule has 0 aliphatic heterocycles. The zero-order valence-corrected chi connectivity index (χ0v) is 8.21. The van der Waals surface area contributed by atoms with E-state index in [0.717, 1.165) is 6.26 Å².